The zero-order chi connectivity index (χ0) is 17.3. The van der Waals surface area contributed by atoms with Crippen LogP contribution in [0.3, 0.4) is 0 Å². The summed E-state index contributed by atoms with van der Waals surface area (Å²) in [4.78, 5) is 19.9. The maximum Gasteiger partial charge on any atom is 0.319 e. The quantitative estimate of drug-likeness (QED) is 0.700. The number of urea groups is 1. The van der Waals surface area contributed by atoms with Gasteiger partial charge in [0.05, 0.1) is 24.6 Å². The minimum atomic E-state index is -0.269. The van der Waals surface area contributed by atoms with Crippen molar-refractivity contribution in [2.24, 2.45) is 0 Å². The number of amides is 2. The molecule has 1 unspecified atom stereocenters. The van der Waals surface area contributed by atoms with Gasteiger partial charge in [-0.25, -0.2) is 19.4 Å². The van der Waals surface area contributed by atoms with Crippen molar-refractivity contribution in [3.63, 3.8) is 0 Å². The largest absolute Gasteiger partial charge is 0.379 e. The van der Waals surface area contributed by atoms with E-state index < -0.39 is 0 Å². The number of ether oxygens (including phenoxy) is 2. The molecule has 3 rings (SSSR count). The average molecular weight is 346 g/mol. The number of nitrogens with one attached hydrogen (secondary N) is 2. The third-order valence-electron chi connectivity index (χ3n) is 3.74. The second kappa shape index (κ2) is 9.09. The molecule has 1 saturated heterocycles. The van der Waals surface area contributed by atoms with Gasteiger partial charge >= 0.3 is 6.03 Å². The summed E-state index contributed by atoms with van der Waals surface area (Å²) in [6, 6.07) is 3.24. The number of anilines is 1. The van der Waals surface area contributed by atoms with Crippen LogP contribution in [0.25, 0.3) is 5.82 Å². The fraction of sp³-hybridized carbons (Fsp3) is 0.500. The van der Waals surface area contributed by atoms with Crippen LogP contribution in [0.2, 0.25) is 0 Å². The number of rotatable bonds is 8. The van der Waals surface area contributed by atoms with Crippen molar-refractivity contribution in [2.45, 2.75) is 25.4 Å². The fourth-order valence-corrected chi connectivity index (χ4v) is 2.46. The smallest absolute Gasteiger partial charge is 0.319 e. The summed E-state index contributed by atoms with van der Waals surface area (Å²) in [5.41, 5.74) is 0.607. The first-order chi connectivity index (χ1) is 12.3. The molecule has 3 heterocycles. The van der Waals surface area contributed by atoms with Gasteiger partial charge < -0.3 is 20.1 Å². The first-order valence-corrected chi connectivity index (χ1v) is 8.36. The van der Waals surface area contributed by atoms with E-state index in [1.165, 1.54) is 6.33 Å². The van der Waals surface area contributed by atoms with E-state index in [0.717, 1.165) is 25.9 Å². The summed E-state index contributed by atoms with van der Waals surface area (Å²) < 4.78 is 12.6. The van der Waals surface area contributed by atoms with Crippen molar-refractivity contribution in [3.05, 3.63) is 31.0 Å². The molecule has 2 N–H and O–H groups in total. The van der Waals surface area contributed by atoms with Crippen molar-refractivity contribution in [1.82, 2.24) is 25.1 Å². The summed E-state index contributed by atoms with van der Waals surface area (Å²) in [5, 5.41) is 9.51. The number of hydrogen-bond donors (Lipinski definition) is 2. The second-order valence-corrected chi connectivity index (χ2v) is 5.69. The lowest BCUT2D eigenvalue weighted by Gasteiger charge is -2.10. The second-order valence-electron chi connectivity index (χ2n) is 5.69. The van der Waals surface area contributed by atoms with Crippen molar-refractivity contribution in [1.29, 1.82) is 0 Å². The first kappa shape index (κ1) is 17.3. The highest BCUT2D eigenvalue weighted by atomic mass is 16.5. The van der Waals surface area contributed by atoms with E-state index in [2.05, 4.69) is 25.7 Å². The van der Waals surface area contributed by atoms with E-state index in [1.54, 1.807) is 29.3 Å². The fourth-order valence-electron chi connectivity index (χ4n) is 2.46. The van der Waals surface area contributed by atoms with Crippen molar-refractivity contribution < 1.29 is 14.3 Å². The maximum absolute atomic E-state index is 11.8. The van der Waals surface area contributed by atoms with E-state index in [0.29, 0.717) is 31.3 Å². The standard InChI is InChI=1S/C16H22N6O3/c23-16(18-6-2-7-24-10-14-3-1-8-25-14)21-13-4-5-15(19-9-13)22-12-17-11-20-22/h4-5,9,11-12,14H,1-3,6-8,10H2,(H2,18,21,23). The summed E-state index contributed by atoms with van der Waals surface area (Å²) in [5.74, 6) is 0.631. The Balaban J connectivity index is 1.29. The number of nitrogens with zero attached hydrogens (tertiary/aromatic N) is 4. The first-order valence-electron chi connectivity index (χ1n) is 8.36. The highest BCUT2D eigenvalue weighted by Crippen LogP contribution is 2.12. The van der Waals surface area contributed by atoms with E-state index in [1.807, 2.05) is 0 Å². The third kappa shape index (κ3) is 5.50. The highest BCUT2D eigenvalue weighted by Gasteiger charge is 2.14. The van der Waals surface area contributed by atoms with E-state index in [4.69, 9.17) is 9.47 Å². The van der Waals surface area contributed by atoms with Gasteiger partial charge in [-0.05, 0) is 31.4 Å². The lowest BCUT2D eigenvalue weighted by atomic mass is 10.2. The number of hydrogen-bond acceptors (Lipinski definition) is 6. The van der Waals surface area contributed by atoms with Gasteiger partial charge in [0.25, 0.3) is 0 Å². The van der Waals surface area contributed by atoms with E-state index in [9.17, 15) is 4.79 Å². The van der Waals surface area contributed by atoms with Crippen LogP contribution < -0.4 is 10.6 Å². The molecule has 134 valence electrons. The third-order valence-corrected chi connectivity index (χ3v) is 3.74. The molecule has 0 radical (unpaired) electrons. The number of carbonyl (C=O) groups is 1. The van der Waals surface area contributed by atoms with Crippen LogP contribution in [0, 0.1) is 0 Å². The summed E-state index contributed by atoms with van der Waals surface area (Å²) >= 11 is 0. The number of pyridine rings is 1. The monoisotopic (exact) mass is 346 g/mol. The summed E-state index contributed by atoms with van der Waals surface area (Å²) in [6.07, 6.45) is 7.75. The number of carbonyl (C=O) groups excluding carboxylic acids is 1. The molecular weight excluding hydrogens is 324 g/mol. The molecule has 2 amide bonds. The predicted molar refractivity (Wildman–Crippen MR) is 90.6 cm³/mol. The van der Waals surface area contributed by atoms with E-state index in [-0.39, 0.29) is 12.1 Å². The minimum absolute atomic E-state index is 0.240. The van der Waals surface area contributed by atoms with Crippen LogP contribution in [-0.2, 0) is 9.47 Å². The van der Waals surface area contributed by atoms with Gasteiger partial charge in [-0.3, -0.25) is 0 Å². The predicted octanol–water partition coefficient (Wildman–Crippen LogP) is 1.37. The minimum Gasteiger partial charge on any atom is -0.379 e. The van der Waals surface area contributed by atoms with Crippen LogP contribution in [0.1, 0.15) is 19.3 Å². The Morgan fingerprint density at radius 1 is 1.44 bits per heavy atom. The molecule has 1 aliphatic heterocycles. The molecule has 1 fully saturated rings. The van der Waals surface area contributed by atoms with Gasteiger partial charge in [0.2, 0.25) is 0 Å². The SMILES string of the molecule is O=C(NCCCOCC1CCCO1)Nc1ccc(-n2cncn2)nc1. The Morgan fingerprint density at radius 3 is 3.12 bits per heavy atom. The van der Waals surface area contributed by atoms with Gasteiger partial charge in [0.1, 0.15) is 12.7 Å². The van der Waals surface area contributed by atoms with Crippen molar-refractivity contribution in [2.75, 3.05) is 31.7 Å². The molecule has 0 bridgehead atoms. The molecule has 1 atom stereocenters. The van der Waals surface area contributed by atoms with Crippen molar-refractivity contribution >= 4 is 11.7 Å². The zero-order valence-electron chi connectivity index (χ0n) is 13.9. The Hall–Kier alpha value is -2.52. The van der Waals surface area contributed by atoms with Gasteiger partial charge in [-0.15, -0.1) is 0 Å². The van der Waals surface area contributed by atoms with Crippen LogP contribution >= 0.6 is 0 Å². The Morgan fingerprint density at radius 2 is 2.40 bits per heavy atom. The topological polar surface area (TPSA) is 103 Å². The molecule has 9 heteroatoms. The van der Waals surface area contributed by atoms with Gasteiger partial charge in [-0.1, -0.05) is 0 Å². The molecular formula is C16H22N6O3. The van der Waals surface area contributed by atoms with E-state index >= 15 is 0 Å². The zero-order valence-corrected chi connectivity index (χ0v) is 13.9. The molecule has 9 nitrogen and oxygen atoms in total. The van der Waals surface area contributed by atoms with Crippen LogP contribution in [0.4, 0.5) is 10.5 Å². The Kier molecular flexibility index (Phi) is 6.29. The summed E-state index contributed by atoms with van der Waals surface area (Å²) in [6.45, 7) is 2.62. The molecule has 0 saturated carbocycles. The molecule has 2 aromatic heterocycles. The molecule has 2 aromatic rings. The van der Waals surface area contributed by atoms with Crippen LogP contribution in [0.5, 0.6) is 0 Å². The molecule has 25 heavy (non-hydrogen) atoms. The Labute approximate surface area is 145 Å². The highest BCUT2D eigenvalue weighted by molar-refractivity contribution is 5.88. The van der Waals surface area contributed by atoms with Gasteiger partial charge in [0, 0.05) is 19.8 Å². The van der Waals surface area contributed by atoms with Crippen molar-refractivity contribution in [3.8, 4) is 5.82 Å². The lowest BCUT2D eigenvalue weighted by Crippen LogP contribution is -2.30. The molecule has 0 spiro atoms. The normalized spacial score (nSPS) is 16.7. The van der Waals surface area contributed by atoms with Crippen LogP contribution in [-0.4, -0.2) is 58.2 Å². The molecule has 0 aromatic carbocycles. The number of aromatic nitrogens is 4. The van der Waals surface area contributed by atoms with Gasteiger partial charge in [0.15, 0.2) is 5.82 Å². The maximum atomic E-state index is 11.8. The molecule has 0 aliphatic carbocycles. The molecule has 1 aliphatic rings. The summed E-state index contributed by atoms with van der Waals surface area (Å²) in [7, 11) is 0. The Bertz CT molecular complexity index is 640. The lowest BCUT2D eigenvalue weighted by molar-refractivity contribution is 0.0168. The van der Waals surface area contributed by atoms with Crippen LogP contribution in [0.15, 0.2) is 31.0 Å². The van der Waals surface area contributed by atoms with Gasteiger partial charge in [-0.2, -0.15) is 5.10 Å². The average Bonchev–Trinajstić information content (AvgIpc) is 3.32.